The van der Waals surface area contributed by atoms with E-state index in [0.717, 1.165) is 5.56 Å². The summed E-state index contributed by atoms with van der Waals surface area (Å²) in [7, 11) is 0. The van der Waals surface area contributed by atoms with Crippen LogP contribution in [-0.4, -0.2) is 35.8 Å². The van der Waals surface area contributed by atoms with Gasteiger partial charge in [0, 0.05) is 25.9 Å². The highest BCUT2D eigenvalue weighted by Crippen LogP contribution is 2.13. The third kappa shape index (κ3) is 4.69. The summed E-state index contributed by atoms with van der Waals surface area (Å²) in [5.74, 6) is -0.252. The zero-order chi connectivity index (χ0) is 15.9. The first-order valence-corrected chi connectivity index (χ1v) is 7.51. The molecule has 1 unspecified atom stereocenters. The molecule has 1 aromatic rings. The van der Waals surface area contributed by atoms with E-state index in [4.69, 9.17) is 0 Å². The van der Waals surface area contributed by atoms with Gasteiger partial charge in [-0.1, -0.05) is 18.2 Å². The number of hydrogen-bond acceptors (Lipinski definition) is 2. The zero-order valence-electron chi connectivity index (χ0n) is 12.6. The Hall–Kier alpha value is -2.17. The fraction of sp³-hybridized carbons (Fsp3) is 0.412. The molecule has 118 valence electrons. The Morgan fingerprint density at radius 1 is 1.41 bits per heavy atom. The summed E-state index contributed by atoms with van der Waals surface area (Å²) in [5, 5.41) is 2.88. The summed E-state index contributed by atoms with van der Waals surface area (Å²) in [4.78, 5) is 25.4. The largest absolute Gasteiger partial charge is 0.351 e. The first-order chi connectivity index (χ1) is 10.6. The van der Waals surface area contributed by atoms with Gasteiger partial charge in [-0.05, 0) is 30.5 Å². The number of allylic oxidation sites excluding steroid dienone is 1. The van der Waals surface area contributed by atoms with Crippen molar-refractivity contribution >= 4 is 11.8 Å². The molecule has 1 aliphatic heterocycles. The third-order valence-corrected chi connectivity index (χ3v) is 3.74. The minimum Gasteiger partial charge on any atom is -0.351 e. The summed E-state index contributed by atoms with van der Waals surface area (Å²) < 4.78 is 12.8. The smallest absolute Gasteiger partial charge is 0.224 e. The number of benzene rings is 1. The Bertz CT molecular complexity index is 542. The van der Waals surface area contributed by atoms with Crippen molar-refractivity contribution in [2.24, 2.45) is 0 Å². The highest BCUT2D eigenvalue weighted by atomic mass is 19.1. The Kier molecular flexibility index (Phi) is 5.69. The fourth-order valence-electron chi connectivity index (χ4n) is 2.53. The van der Waals surface area contributed by atoms with Gasteiger partial charge in [0.15, 0.2) is 0 Å². The molecule has 5 heteroatoms. The molecule has 0 spiro atoms. The maximum Gasteiger partial charge on any atom is 0.224 e. The van der Waals surface area contributed by atoms with E-state index in [0.29, 0.717) is 38.8 Å². The van der Waals surface area contributed by atoms with Gasteiger partial charge >= 0.3 is 0 Å². The molecule has 1 atom stereocenters. The van der Waals surface area contributed by atoms with Crippen molar-refractivity contribution in [1.82, 2.24) is 10.2 Å². The second kappa shape index (κ2) is 7.73. The van der Waals surface area contributed by atoms with E-state index in [9.17, 15) is 14.0 Å². The third-order valence-electron chi connectivity index (χ3n) is 3.74. The van der Waals surface area contributed by atoms with Crippen LogP contribution in [0.25, 0.3) is 0 Å². The molecule has 0 saturated carbocycles. The lowest BCUT2D eigenvalue weighted by molar-refractivity contribution is -0.127. The van der Waals surface area contributed by atoms with Gasteiger partial charge in [0.05, 0.1) is 6.04 Å². The molecular formula is C17H21FN2O2. The molecule has 1 saturated heterocycles. The van der Waals surface area contributed by atoms with Crippen LogP contribution < -0.4 is 5.32 Å². The molecule has 2 amide bonds. The summed E-state index contributed by atoms with van der Waals surface area (Å²) >= 11 is 0. The zero-order valence-corrected chi connectivity index (χ0v) is 12.6. The van der Waals surface area contributed by atoms with E-state index in [1.54, 1.807) is 23.1 Å². The Morgan fingerprint density at radius 3 is 2.82 bits per heavy atom. The molecule has 0 radical (unpaired) electrons. The number of carbonyl (C=O) groups excluding carboxylic acids is 2. The molecule has 1 aromatic carbocycles. The molecule has 1 heterocycles. The van der Waals surface area contributed by atoms with Gasteiger partial charge in [-0.25, -0.2) is 4.39 Å². The van der Waals surface area contributed by atoms with Crippen molar-refractivity contribution in [1.29, 1.82) is 0 Å². The molecule has 0 bridgehead atoms. The van der Waals surface area contributed by atoms with Gasteiger partial charge in [0.1, 0.15) is 5.82 Å². The second-order valence-corrected chi connectivity index (χ2v) is 5.51. The Labute approximate surface area is 130 Å². The topological polar surface area (TPSA) is 49.4 Å². The average Bonchev–Trinajstić information content (AvgIpc) is 2.84. The van der Waals surface area contributed by atoms with Crippen LogP contribution in [0.15, 0.2) is 36.9 Å². The van der Waals surface area contributed by atoms with Crippen LogP contribution in [0.2, 0.25) is 0 Å². The predicted octanol–water partition coefficient (Wildman–Crippen LogP) is 2.05. The molecule has 0 aliphatic carbocycles. The number of nitrogens with zero attached hydrogens (tertiary/aromatic N) is 1. The van der Waals surface area contributed by atoms with Crippen molar-refractivity contribution in [3.63, 3.8) is 0 Å². The molecule has 1 fully saturated rings. The fourth-order valence-corrected chi connectivity index (χ4v) is 2.53. The minimum atomic E-state index is -0.261. The monoisotopic (exact) mass is 304 g/mol. The molecule has 1 N–H and O–H groups in total. The first kappa shape index (κ1) is 16.2. The maximum absolute atomic E-state index is 12.8. The predicted molar refractivity (Wildman–Crippen MR) is 82.7 cm³/mol. The molecule has 4 nitrogen and oxygen atoms in total. The van der Waals surface area contributed by atoms with Crippen LogP contribution in [0.4, 0.5) is 4.39 Å². The number of likely N-dealkylation sites (tertiary alicyclic amines) is 1. The van der Waals surface area contributed by atoms with Crippen LogP contribution >= 0.6 is 0 Å². The van der Waals surface area contributed by atoms with Gasteiger partial charge in [-0.3, -0.25) is 9.59 Å². The summed E-state index contributed by atoms with van der Waals surface area (Å²) in [6.07, 6.45) is 3.78. The lowest BCUT2D eigenvalue weighted by Crippen LogP contribution is -2.37. The van der Waals surface area contributed by atoms with Crippen LogP contribution in [0, 0.1) is 5.82 Å². The van der Waals surface area contributed by atoms with E-state index < -0.39 is 0 Å². The average molecular weight is 304 g/mol. The van der Waals surface area contributed by atoms with E-state index in [2.05, 4.69) is 11.9 Å². The standard InChI is InChI=1S/C17H21FN2O2/c1-2-3-4-16(21)19-15-11-17(22)20(12-15)10-9-13-5-7-14(18)8-6-13/h2,5-8,15H,1,3-4,9-12H2,(H,19,21). The van der Waals surface area contributed by atoms with E-state index in [1.807, 2.05) is 0 Å². The summed E-state index contributed by atoms with van der Waals surface area (Å²) in [6.45, 7) is 4.71. The lowest BCUT2D eigenvalue weighted by atomic mass is 10.1. The summed E-state index contributed by atoms with van der Waals surface area (Å²) in [6, 6.07) is 6.18. The molecule has 1 aliphatic rings. The second-order valence-electron chi connectivity index (χ2n) is 5.51. The van der Waals surface area contributed by atoms with Crippen molar-refractivity contribution < 1.29 is 14.0 Å². The number of halogens is 1. The first-order valence-electron chi connectivity index (χ1n) is 7.51. The highest BCUT2D eigenvalue weighted by Gasteiger charge is 2.29. The molecule has 2 rings (SSSR count). The van der Waals surface area contributed by atoms with E-state index >= 15 is 0 Å². The van der Waals surface area contributed by atoms with Crippen molar-refractivity contribution in [3.8, 4) is 0 Å². The van der Waals surface area contributed by atoms with Gasteiger partial charge in [0.25, 0.3) is 0 Å². The molecule has 22 heavy (non-hydrogen) atoms. The molecule has 0 aromatic heterocycles. The minimum absolute atomic E-state index is 0.0434. The van der Waals surface area contributed by atoms with Crippen LogP contribution in [0.3, 0.4) is 0 Å². The van der Waals surface area contributed by atoms with Gasteiger partial charge in [0.2, 0.25) is 11.8 Å². The Balaban J connectivity index is 1.78. The SMILES string of the molecule is C=CCCC(=O)NC1CC(=O)N(CCc2ccc(F)cc2)C1. The van der Waals surface area contributed by atoms with Crippen molar-refractivity contribution in [3.05, 3.63) is 48.3 Å². The Morgan fingerprint density at radius 2 is 2.14 bits per heavy atom. The van der Waals surface area contributed by atoms with Crippen molar-refractivity contribution in [2.75, 3.05) is 13.1 Å². The number of hydrogen-bond donors (Lipinski definition) is 1. The van der Waals surface area contributed by atoms with Gasteiger partial charge < -0.3 is 10.2 Å². The number of nitrogens with one attached hydrogen (secondary N) is 1. The van der Waals surface area contributed by atoms with Crippen LogP contribution in [0.5, 0.6) is 0 Å². The number of rotatable bonds is 7. The normalized spacial score (nSPS) is 17.6. The quantitative estimate of drug-likeness (QED) is 0.784. The number of amides is 2. The highest BCUT2D eigenvalue weighted by molar-refractivity contribution is 5.82. The number of carbonyl (C=O) groups is 2. The van der Waals surface area contributed by atoms with E-state index in [-0.39, 0.29) is 23.7 Å². The van der Waals surface area contributed by atoms with Gasteiger partial charge in [-0.2, -0.15) is 0 Å². The van der Waals surface area contributed by atoms with E-state index in [1.165, 1.54) is 12.1 Å². The maximum atomic E-state index is 12.8. The lowest BCUT2D eigenvalue weighted by Gasteiger charge is -2.17. The van der Waals surface area contributed by atoms with Crippen LogP contribution in [0.1, 0.15) is 24.8 Å². The van der Waals surface area contributed by atoms with Crippen LogP contribution in [-0.2, 0) is 16.0 Å². The molecular weight excluding hydrogens is 283 g/mol. The summed E-state index contributed by atoms with van der Waals surface area (Å²) in [5.41, 5.74) is 0.993. The van der Waals surface area contributed by atoms with Gasteiger partial charge in [-0.15, -0.1) is 6.58 Å². The van der Waals surface area contributed by atoms with Crippen molar-refractivity contribution in [2.45, 2.75) is 31.7 Å².